The predicted molar refractivity (Wildman–Crippen MR) is 101 cm³/mol. The molecule has 0 bridgehead atoms. The van der Waals surface area contributed by atoms with E-state index in [1.54, 1.807) is 7.11 Å². The van der Waals surface area contributed by atoms with Crippen LogP contribution in [0.25, 0.3) is 11.3 Å². The quantitative estimate of drug-likeness (QED) is 0.803. The van der Waals surface area contributed by atoms with Gasteiger partial charge < -0.3 is 14.2 Å². The fourth-order valence-corrected chi connectivity index (χ4v) is 4.67. The van der Waals surface area contributed by atoms with E-state index in [1.807, 2.05) is 35.2 Å². The third kappa shape index (κ3) is 2.96. The van der Waals surface area contributed by atoms with Crippen molar-refractivity contribution in [3.63, 3.8) is 0 Å². The first-order valence-corrected chi connectivity index (χ1v) is 9.66. The average molecular weight is 372 g/mol. The van der Waals surface area contributed by atoms with E-state index in [9.17, 15) is 4.79 Å². The molecule has 1 amide bonds. The molecular formula is C19H28N6O2. The summed E-state index contributed by atoms with van der Waals surface area (Å²) in [6.07, 6.45) is 7.72. The van der Waals surface area contributed by atoms with Crippen LogP contribution in [0, 0.1) is 0 Å². The highest BCUT2D eigenvalue weighted by atomic mass is 16.5. The van der Waals surface area contributed by atoms with Crippen LogP contribution in [0.4, 0.5) is 0 Å². The smallest absolute Gasteiger partial charge is 0.248 e. The van der Waals surface area contributed by atoms with E-state index in [4.69, 9.17) is 9.72 Å². The SMILES string of the molecule is CCN1CCn2c(-c3cnn(C)c3)cnc2C12CCN(C(=O)COC)CC2. The Hall–Kier alpha value is -2.19. The predicted octanol–water partition coefficient (Wildman–Crippen LogP) is 1.08. The number of fused-ring (bicyclic) bond motifs is 2. The number of likely N-dealkylation sites (tertiary alicyclic amines) is 1. The van der Waals surface area contributed by atoms with Gasteiger partial charge in [0.1, 0.15) is 12.4 Å². The molecule has 0 aliphatic carbocycles. The highest BCUT2D eigenvalue weighted by Gasteiger charge is 2.47. The minimum atomic E-state index is -0.0999. The molecule has 0 aromatic carbocycles. The van der Waals surface area contributed by atoms with Gasteiger partial charge in [0.15, 0.2) is 0 Å². The number of methoxy groups -OCH3 is 1. The summed E-state index contributed by atoms with van der Waals surface area (Å²) in [7, 11) is 3.50. The Morgan fingerprint density at radius 3 is 2.63 bits per heavy atom. The first kappa shape index (κ1) is 18.2. The fourth-order valence-electron chi connectivity index (χ4n) is 4.67. The number of amides is 1. The molecule has 8 heteroatoms. The van der Waals surface area contributed by atoms with Gasteiger partial charge in [0.05, 0.1) is 23.6 Å². The van der Waals surface area contributed by atoms with Crippen LogP contribution in [0.3, 0.4) is 0 Å². The molecule has 2 aromatic rings. The van der Waals surface area contributed by atoms with Crippen LogP contribution in [-0.2, 0) is 28.7 Å². The maximum Gasteiger partial charge on any atom is 0.248 e. The van der Waals surface area contributed by atoms with Crippen molar-refractivity contribution in [1.82, 2.24) is 29.1 Å². The van der Waals surface area contributed by atoms with E-state index >= 15 is 0 Å². The molecule has 1 saturated heterocycles. The molecule has 8 nitrogen and oxygen atoms in total. The zero-order valence-electron chi connectivity index (χ0n) is 16.4. The molecule has 0 N–H and O–H groups in total. The number of ether oxygens (including phenoxy) is 1. The van der Waals surface area contributed by atoms with Crippen LogP contribution in [0.1, 0.15) is 25.6 Å². The van der Waals surface area contributed by atoms with E-state index in [1.165, 1.54) is 0 Å². The van der Waals surface area contributed by atoms with Crippen LogP contribution in [0.15, 0.2) is 18.6 Å². The first-order valence-electron chi connectivity index (χ1n) is 9.66. The van der Waals surface area contributed by atoms with Crippen molar-refractivity contribution in [2.75, 3.05) is 39.9 Å². The lowest BCUT2D eigenvalue weighted by atomic mass is 9.83. The molecular weight excluding hydrogens is 344 g/mol. The summed E-state index contributed by atoms with van der Waals surface area (Å²) in [4.78, 5) is 21.6. The zero-order valence-corrected chi connectivity index (χ0v) is 16.4. The second kappa shape index (κ2) is 7.09. The summed E-state index contributed by atoms with van der Waals surface area (Å²) in [6, 6.07) is 0. The third-order valence-corrected chi connectivity index (χ3v) is 6.06. The maximum absolute atomic E-state index is 12.2. The van der Waals surface area contributed by atoms with Gasteiger partial charge in [-0.15, -0.1) is 0 Å². The fraction of sp³-hybridized carbons (Fsp3) is 0.632. The van der Waals surface area contributed by atoms with Crippen LogP contribution < -0.4 is 0 Å². The minimum absolute atomic E-state index is 0.0746. The maximum atomic E-state index is 12.2. The lowest BCUT2D eigenvalue weighted by Crippen LogP contribution is -2.58. The summed E-state index contributed by atoms with van der Waals surface area (Å²) in [6.45, 7) is 6.78. The van der Waals surface area contributed by atoms with Crippen molar-refractivity contribution in [2.24, 2.45) is 7.05 Å². The molecule has 2 aliphatic heterocycles. The van der Waals surface area contributed by atoms with E-state index in [-0.39, 0.29) is 18.1 Å². The Morgan fingerprint density at radius 2 is 2.00 bits per heavy atom. The lowest BCUT2D eigenvalue weighted by Gasteiger charge is -2.50. The molecule has 0 atom stereocenters. The normalized spacial score (nSPS) is 19.4. The minimum Gasteiger partial charge on any atom is -0.375 e. The molecule has 146 valence electrons. The molecule has 27 heavy (non-hydrogen) atoms. The van der Waals surface area contributed by atoms with Gasteiger partial charge in [0, 0.05) is 52.1 Å². The van der Waals surface area contributed by atoms with Crippen molar-refractivity contribution < 1.29 is 9.53 Å². The van der Waals surface area contributed by atoms with Crippen molar-refractivity contribution in [3.8, 4) is 11.3 Å². The Labute approximate surface area is 159 Å². The third-order valence-electron chi connectivity index (χ3n) is 6.06. The van der Waals surface area contributed by atoms with Crippen LogP contribution in [-0.4, -0.2) is 74.9 Å². The van der Waals surface area contributed by atoms with Gasteiger partial charge in [-0.2, -0.15) is 5.10 Å². The number of hydrogen-bond acceptors (Lipinski definition) is 5. The van der Waals surface area contributed by atoms with Gasteiger partial charge in [0.25, 0.3) is 0 Å². The second-order valence-electron chi connectivity index (χ2n) is 7.45. The number of aromatic nitrogens is 4. The largest absolute Gasteiger partial charge is 0.375 e. The molecule has 0 unspecified atom stereocenters. The van der Waals surface area contributed by atoms with Crippen molar-refractivity contribution in [3.05, 3.63) is 24.4 Å². The van der Waals surface area contributed by atoms with Gasteiger partial charge in [-0.3, -0.25) is 14.4 Å². The number of nitrogens with zero attached hydrogens (tertiary/aromatic N) is 6. The van der Waals surface area contributed by atoms with Crippen LogP contribution >= 0.6 is 0 Å². The number of hydrogen-bond donors (Lipinski definition) is 0. The van der Waals surface area contributed by atoms with Crippen LogP contribution in [0.2, 0.25) is 0 Å². The first-order chi connectivity index (χ1) is 13.1. The Morgan fingerprint density at radius 1 is 1.22 bits per heavy atom. The highest BCUT2D eigenvalue weighted by molar-refractivity contribution is 5.77. The van der Waals surface area contributed by atoms with E-state index in [0.29, 0.717) is 0 Å². The van der Waals surface area contributed by atoms with Gasteiger partial charge in [0.2, 0.25) is 5.91 Å². The Bertz CT molecular complexity index is 818. The molecule has 1 fully saturated rings. The summed E-state index contributed by atoms with van der Waals surface area (Å²) in [5, 5.41) is 4.31. The Balaban J connectivity index is 1.65. The number of imidazole rings is 1. The summed E-state index contributed by atoms with van der Waals surface area (Å²) < 4.78 is 9.20. The number of aryl methyl sites for hydroxylation is 1. The standard InChI is InChI=1S/C19H28N6O2/c1-4-24-9-10-25-16(15-11-21-22(2)13-15)12-20-18(25)19(24)5-7-23(8-6-19)17(26)14-27-3/h11-13H,4-10,14H2,1-3H3. The number of likely N-dealkylation sites (N-methyl/N-ethyl adjacent to an activating group) is 1. The summed E-state index contributed by atoms with van der Waals surface area (Å²) in [5.74, 6) is 1.21. The average Bonchev–Trinajstić information content (AvgIpc) is 3.29. The van der Waals surface area contributed by atoms with E-state index < -0.39 is 0 Å². The van der Waals surface area contributed by atoms with Crippen molar-refractivity contribution in [2.45, 2.75) is 31.8 Å². The van der Waals surface area contributed by atoms with E-state index in [0.717, 1.165) is 62.6 Å². The zero-order chi connectivity index (χ0) is 19.0. The number of piperidine rings is 1. The molecule has 0 saturated carbocycles. The monoisotopic (exact) mass is 372 g/mol. The molecule has 1 spiro atoms. The van der Waals surface area contributed by atoms with Crippen molar-refractivity contribution >= 4 is 5.91 Å². The number of carbonyl (C=O) groups excluding carboxylic acids is 1. The molecule has 0 radical (unpaired) electrons. The molecule has 2 aromatic heterocycles. The highest BCUT2D eigenvalue weighted by Crippen LogP contribution is 2.42. The van der Waals surface area contributed by atoms with Gasteiger partial charge in [-0.25, -0.2) is 4.98 Å². The number of carbonyl (C=O) groups is 1. The van der Waals surface area contributed by atoms with Crippen LogP contribution in [0.5, 0.6) is 0 Å². The van der Waals surface area contributed by atoms with Crippen molar-refractivity contribution in [1.29, 1.82) is 0 Å². The Kier molecular flexibility index (Phi) is 4.77. The molecule has 2 aliphatic rings. The van der Waals surface area contributed by atoms with E-state index in [2.05, 4.69) is 21.5 Å². The van der Waals surface area contributed by atoms with Gasteiger partial charge in [-0.05, 0) is 19.4 Å². The molecule has 4 heterocycles. The van der Waals surface area contributed by atoms with Gasteiger partial charge >= 0.3 is 0 Å². The number of rotatable bonds is 4. The van der Waals surface area contributed by atoms with Gasteiger partial charge in [-0.1, -0.05) is 6.92 Å². The topological polar surface area (TPSA) is 68.4 Å². The lowest BCUT2D eigenvalue weighted by molar-refractivity contribution is -0.138. The molecule has 4 rings (SSSR count). The summed E-state index contributed by atoms with van der Waals surface area (Å²) >= 11 is 0. The second-order valence-corrected chi connectivity index (χ2v) is 7.45. The summed E-state index contributed by atoms with van der Waals surface area (Å²) in [5.41, 5.74) is 2.13.